The molecule has 8 heteroatoms. The lowest BCUT2D eigenvalue weighted by Crippen LogP contribution is -2.41. The topological polar surface area (TPSA) is 75.3 Å². The predicted octanol–water partition coefficient (Wildman–Crippen LogP) is 3.03. The smallest absolute Gasteiger partial charge is 0.273 e. The zero-order valence-electron chi connectivity index (χ0n) is 13.7. The van der Waals surface area contributed by atoms with Crippen molar-refractivity contribution in [3.05, 3.63) is 51.5 Å². The van der Waals surface area contributed by atoms with E-state index in [0.29, 0.717) is 10.8 Å². The Bertz CT molecular complexity index is 876. The number of hydrogen-bond acceptors (Lipinski definition) is 4. The summed E-state index contributed by atoms with van der Waals surface area (Å²) in [6, 6.07) is 6.22. The number of aryl methyl sites for hydroxylation is 1. The highest BCUT2D eigenvalue weighted by Crippen LogP contribution is 2.33. The highest BCUT2D eigenvalue weighted by molar-refractivity contribution is 7.89. The van der Waals surface area contributed by atoms with Crippen LogP contribution in [0.1, 0.15) is 39.9 Å². The van der Waals surface area contributed by atoms with Crippen LogP contribution in [0.3, 0.4) is 0 Å². The molecule has 1 aromatic heterocycles. The fourth-order valence-electron chi connectivity index (χ4n) is 2.91. The van der Waals surface area contributed by atoms with E-state index >= 15 is 0 Å². The number of rotatable bonds is 5. The number of hydrazine groups is 1. The van der Waals surface area contributed by atoms with E-state index in [9.17, 15) is 17.6 Å². The fraction of sp³-hybridized carbons (Fsp3) is 0.353. The minimum absolute atomic E-state index is 0.120. The average molecular weight is 382 g/mol. The molecule has 0 unspecified atom stereocenters. The van der Waals surface area contributed by atoms with Gasteiger partial charge in [-0.2, -0.15) is 0 Å². The molecule has 1 aromatic carbocycles. The zero-order valence-corrected chi connectivity index (χ0v) is 15.3. The number of benzene rings is 1. The third kappa shape index (κ3) is 4.08. The van der Waals surface area contributed by atoms with Crippen molar-refractivity contribution in [2.75, 3.05) is 0 Å². The van der Waals surface area contributed by atoms with Gasteiger partial charge in [-0.25, -0.2) is 12.8 Å². The first kappa shape index (κ1) is 18.0. The van der Waals surface area contributed by atoms with Crippen LogP contribution in [0, 0.1) is 11.7 Å². The van der Waals surface area contributed by atoms with Gasteiger partial charge < -0.3 is 0 Å². The molecule has 3 rings (SSSR count). The molecule has 25 heavy (non-hydrogen) atoms. The number of sulfonamides is 1. The number of fused-ring (bicyclic) bond motifs is 1. The van der Waals surface area contributed by atoms with Crippen molar-refractivity contribution in [2.45, 2.75) is 37.5 Å². The van der Waals surface area contributed by atoms with Crippen LogP contribution in [0.2, 0.25) is 0 Å². The lowest BCUT2D eigenvalue weighted by molar-refractivity contribution is 0.0949. The largest absolute Gasteiger partial charge is 0.276 e. The fourth-order valence-corrected chi connectivity index (χ4v) is 4.85. The van der Waals surface area contributed by atoms with E-state index in [2.05, 4.69) is 17.2 Å². The normalized spacial score (nSPS) is 17.1. The molecule has 1 aliphatic rings. The molecule has 0 aliphatic heterocycles. The van der Waals surface area contributed by atoms with E-state index in [1.165, 1.54) is 21.8 Å². The van der Waals surface area contributed by atoms with E-state index in [1.807, 2.05) is 6.07 Å². The SMILES string of the molecule is CC[C@H]1CCc2sc(C(=O)NNS(=O)(=O)c3ccc(F)cc3)cc2C1. The van der Waals surface area contributed by atoms with Gasteiger partial charge in [-0.05, 0) is 61.1 Å². The van der Waals surface area contributed by atoms with Gasteiger partial charge in [0.25, 0.3) is 15.9 Å². The van der Waals surface area contributed by atoms with Crippen LogP contribution in [0.15, 0.2) is 35.2 Å². The molecule has 0 saturated carbocycles. The number of carbonyl (C=O) groups excluding carboxylic acids is 1. The van der Waals surface area contributed by atoms with Crippen LogP contribution in [0.25, 0.3) is 0 Å². The van der Waals surface area contributed by atoms with Gasteiger partial charge in [-0.3, -0.25) is 10.2 Å². The van der Waals surface area contributed by atoms with E-state index in [4.69, 9.17) is 0 Å². The summed E-state index contributed by atoms with van der Waals surface area (Å²) in [5, 5.41) is 0. The van der Waals surface area contributed by atoms with Crippen molar-refractivity contribution >= 4 is 27.3 Å². The summed E-state index contributed by atoms with van der Waals surface area (Å²) in [4.78, 5) is 15.9. The molecule has 0 radical (unpaired) electrons. The molecular weight excluding hydrogens is 363 g/mol. The molecule has 0 spiro atoms. The van der Waals surface area contributed by atoms with Crippen molar-refractivity contribution in [2.24, 2.45) is 5.92 Å². The molecule has 0 fully saturated rings. The number of thiophene rings is 1. The van der Waals surface area contributed by atoms with Crippen LogP contribution in [-0.4, -0.2) is 14.3 Å². The first-order valence-corrected chi connectivity index (χ1v) is 10.4. The maximum atomic E-state index is 12.9. The van der Waals surface area contributed by atoms with Crippen LogP contribution >= 0.6 is 11.3 Å². The van der Waals surface area contributed by atoms with E-state index < -0.39 is 21.7 Å². The van der Waals surface area contributed by atoms with Gasteiger partial charge in [0.05, 0.1) is 9.77 Å². The van der Waals surface area contributed by atoms with Gasteiger partial charge in [0.15, 0.2) is 0 Å². The second-order valence-corrected chi connectivity index (χ2v) is 8.91. The summed E-state index contributed by atoms with van der Waals surface area (Å²) in [7, 11) is -3.94. The Morgan fingerprint density at radius 3 is 2.72 bits per heavy atom. The van der Waals surface area contributed by atoms with Crippen molar-refractivity contribution in [1.29, 1.82) is 0 Å². The second-order valence-electron chi connectivity index (χ2n) is 6.09. The molecule has 2 aromatic rings. The number of nitrogens with one attached hydrogen (secondary N) is 2. The molecular formula is C17H19FN2O3S2. The highest BCUT2D eigenvalue weighted by Gasteiger charge is 2.23. The Balaban J connectivity index is 1.67. The summed E-state index contributed by atoms with van der Waals surface area (Å²) < 4.78 is 37.1. The molecule has 1 aliphatic carbocycles. The Labute approximate surface area is 150 Å². The van der Waals surface area contributed by atoms with Crippen molar-refractivity contribution in [3.8, 4) is 0 Å². The maximum absolute atomic E-state index is 12.9. The third-order valence-electron chi connectivity index (χ3n) is 4.41. The summed E-state index contributed by atoms with van der Waals surface area (Å²) >= 11 is 1.41. The molecule has 1 heterocycles. The lowest BCUT2D eigenvalue weighted by atomic mass is 9.87. The van der Waals surface area contributed by atoms with Gasteiger partial charge >= 0.3 is 0 Å². The van der Waals surface area contributed by atoms with Gasteiger partial charge in [-0.1, -0.05) is 13.3 Å². The van der Waals surface area contributed by atoms with E-state index in [1.54, 1.807) is 0 Å². The van der Waals surface area contributed by atoms with E-state index in [-0.39, 0.29) is 4.90 Å². The summed E-state index contributed by atoms with van der Waals surface area (Å²) in [6.07, 6.45) is 4.18. The van der Waals surface area contributed by atoms with Gasteiger partial charge in [0.1, 0.15) is 5.82 Å². The number of amides is 1. The van der Waals surface area contributed by atoms with Gasteiger partial charge in [0.2, 0.25) is 0 Å². The Morgan fingerprint density at radius 1 is 1.32 bits per heavy atom. The summed E-state index contributed by atoms with van der Waals surface area (Å²) in [5.41, 5.74) is 3.42. The van der Waals surface area contributed by atoms with Crippen LogP contribution in [0.4, 0.5) is 4.39 Å². The molecule has 5 nitrogen and oxygen atoms in total. The third-order valence-corrected chi connectivity index (χ3v) is 6.91. The van der Waals surface area contributed by atoms with E-state index in [0.717, 1.165) is 49.9 Å². The summed E-state index contributed by atoms with van der Waals surface area (Å²) in [6.45, 7) is 2.17. The number of hydrogen-bond donors (Lipinski definition) is 2. The lowest BCUT2D eigenvalue weighted by Gasteiger charge is -2.19. The molecule has 1 atom stereocenters. The first-order chi connectivity index (χ1) is 11.9. The Hall–Kier alpha value is -1.77. The predicted molar refractivity (Wildman–Crippen MR) is 94.3 cm³/mol. The second kappa shape index (κ2) is 7.23. The Kier molecular flexibility index (Phi) is 5.21. The quantitative estimate of drug-likeness (QED) is 0.781. The summed E-state index contributed by atoms with van der Waals surface area (Å²) in [5.74, 6) is -0.370. The van der Waals surface area contributed by atoms with Crippen molar-refractivity contribution in [3.63, 3.8) is 0 Å². The molecule has 2 N–H and O–H groups in total. The molecule has 134 valence electrons. The first-order valence-electron chi connectivity index (χ1n) is 8.08. The molecule has 1 amide bonds. The molecule has 0 bridgehead atoms. The van der Waals surface area contributed by atoms with Crippen LogP contribution in [0.5, 0.6) is 0 Å². The molecule has 0 saturated heterocycles. The monoisotopic (exact) mass is 382 g/mol. The maximum Gasteiger partial charge on any atom is 0.276 e. The van der Waals surface area contributed by atoms with Crippen molar-refractivity contribution in [1.82, 2.24) is 10.3 Å². The van der Waals surface area contributed by atoms with Gasteiger partial charge in [-0.15, -0.1) is 16.2 Å². The van der Waals surface area contributed by atoms with Crippen molar-refractivity contribution < 1.29 is 17.6 Å². The number of halogens is 1. The average Bonchev–Trinajstić information content (AvgIpc) is 3.03. The van der Waals surface area contributed by atoms with Crippen LogP contribution < -0.4 is 10.3 Å². The highest BCUT2D eigenvalue weighted by atomic mass is 32.2. The van der Waals surface area contributed by atoms with Gasteiger partial charge in [0, 0.05) is 4.88 Å². The standard InChI is InChI=1S/C17H19FN2O3S2/c1-2-11-3-8-15-12(9-11)10-16(24-15)17(21)19-20-25(22,23)14-6-4-13(18)5-7-14/h4-7,10-11,20H,2-3,8-9H2,1H3,(H,19,21)/t11-/m0/s1. The Morgan fingerprint density at radius 2 is 2.04 bits per heavy atom. The van der Waals surface area contributed by atoms with Crippen LogP contribution in [-0.2, 0) is 22.9 Å². The number of carbonyl (C=O) groups is 1. The minimum atomic E-state index is -3.94. The zero-order chi connectivity index (χ0) is 18.0. The minimum Gasteiger partial charge on any atom is -0.273 e.